The number of carbonyl (C=O) groups is 2. The van der Waals surface area contributed by atoms with Gasteiger partial charge in [0, 0.05) is 38.7 Å². The van der Waals surface area contributed by atoms with Crippen LogP contribution < -0.4 is 4.90 Å². The van der Waals surface area contributed by atoms with Gasteiger partial charge in [-0.05, 0) is 23.6 Å². The van der Waals surface area contributed by atoms with Gasteiger partial charge in [-0.1, -0.05) is 48.5 Å². The molecule has 2 aromatic carbocycles. The largest absolute Gasteiger partial charge is 0.459 e. The lowest BCUT2D eigenvalue weighted by Crippen LogP contribution is -2.44. The van der Waals surface area contributed by atoms with Crippen molar-refractivity contribution in [2.45, 2.75) is 38.5 Å². The minimum Gasteiger partial charge on any atom is -0.459 e. The number of hydrogen-bond donors (Lipinski definition) is 0. The van der Waals surface area contributed by atoms with E-state index in [0.29, 0.717) is 6.42 Å². The number of fused-ring (bicyclic) bond motifs is 1. The van der Waals surface area contributed by atoms with Crippen LogP contribution in [0.3, 0.4) is 0 Å². The Morgan fingerprint density at radius 1 is 1.07 bits per heavy atom. The Kier molecular flexibility index (Phi) is 4.94. The van der Waals surface area contributed by atoms with Crippen molar-refractivity contribution in [1.82, 2.24) is 4.90 Å². The standard InChI is InChI=1S/C22H24N2O3/c1-16(25)24-20-10-6-5-9-18(20)13-21(24)22(26)27-19-11-12-23(15-19)14-17-7-3-2-4-8-17/h2-10,19,21H,11-15H2,1H3/t19-,21+/m1/s1. The number of amides is 1. The summed E-state index contributed by atoms with van der Waals surface area (Å²) in [6.45, 7) is 4.01. The molecule has 0 N–H and O–H groups in total. The third kappa shape index (κ3) is 3.74. The van der Waals surface area contributed by atoms with Crippen LogP contribution in [0.1, 0.15) is 24.5 Å². The average molecular weight is 364 g/mol. The summed E-state index contributed by atoms with van der Waals surface area (Å²) in [5.74, 6) is -0.424. The van der Waals surface area contributed by atoms with Crippen LogP contribution in [0, 0.1) is 0 Å². The molecule has 0 radical (unpaired) electrons. The van der Waals surface area contributed by atoms with Crippen molar-refractivity contribution in [3.63, 3.8) is 0 Å². The molecule has 0 aromatic heterocycles. The van der Waals surface area contributed by atoms with Crippen molar-refractivity contribution in [2.24, 2.45) is 0 Å². The SMILES string of the molecule is CC(=O)N1c2ccccc2C[C@H]1C(=O)O[C@@H]1CCN(Cc2ccccc2)C1. The Morgan fingerprint density at radius 2 is 1.81 bits per heavy atom. The maximum Gasteiger partial charge on any atom is 0.329 e. The molecule has 0 aliphatic carbocycles. The first-order chi connectivity index (χ1) is 13.1. The topological polar surface area (TPSA) is 49.9 Å². The van der Waals surface area contributed by atoms with E-state index >= 15 is 0 Å². The summed E-state index contributed by atoms with van der Waals surface area (Å²) in [6.07, 6.45) is 1.24. The monoisotopic (exact) mass is 364 g/mol. The molecule has 2 atom stereocenters. The second kappa shape index (κ2) is 7.53. The highest BCUT2D eigenvalue weighted by Gasteiger charge is 2.39. The fourth-order valence-corrected chi connectivity index (χ4v) is 4.09. The minimum absolute atomic E-state index is 0.112. The Morgan fingerprint density at radius 3 is 2.59 bits per heavy atom. The van der Waals surface area contributed by atoms with E-state index in [1.165, 1.54) is 12.5 Å². The minimum atomic E-state index is -0.553. The summed E-state index contributed by atoms with van der Waals surface area (Å²) in [5.41, 5.74) is 3.11. The maximum absolute atomic E-state index is 12.8. The van der Waals surface area contributed by atoms with Gasteiger partial charge in [0.15, 0.2) is 0 Å². The van der Waals surface area contributed by atoms with Gasteiger partial charge in [-0.25, -0.2) is 4.79 Å². The molecule has 4 rings (SSSR count). The van der Waals surface area contributed by atoms with E-state index < -0.39 is 6.04 Å². The van der Waals surface area contributed by atoms with Crippen LogP contribution in [-0.4, -0.2) is 42.0 Å². The molecule has 0 saturated carbocycles. The predicted molar refractivity (Wildman–Crippen MR) is 103 cm³/mol. The Labute approximate surface area is 159 Å². The number of hydrogen-bond acceptors (Lipinski definition) is 4. The van der Waals surface area contributed by atoms with Crippen molar-refractivity contribution >= 4 is 17.6 Å². The van der Waals surface area contributed by atoms with Gasteiger partial charge >= 0.3 is 5.97 Å². The molecule has 2 aromatic rings. The van der Waals surface area contributed by atoms with Crippen molar-refractivity contribution in [2.75, 3.05) is 18.0 Å². The van der Waals surface area contributed by atoms with Gasteiger partial charge in [0.25, 0.3) is 0 Å². The summed E-state index contributed by atoms with van der Waals surface area (Å²) in [7, 11) is 0. The molecule has 27 heavy (non-hydrogen) atoms. The first kappa shape index (κ1) is 17.7. The summed E-state index contributed by atoms with van der Waals surface area (Å²) in [5, 5.41) is 0. The van der Waals surface area contributed by atoms with Crippen molar-refractivity contribution in [3.8, 4) is 0 Å². The summed E-state index contributed by atoms with van der Waals surface area (Å²) in [6, 6.07) is 17.4. The molecule has 0 bridgehead atoms. The van der Waals surface area contributed by atoms with Gasteiger partial charge in [-0.2, -0.15) is 0 Å². The quantitative estimate of drug-likeness (QED) is 0.783. The van der Waals surface area contributed by atoms with E-state index in [-0.39, 0.29) is 18.0 Å². The fraction of sp³-hybridized carbons (Fsp3) is 0.364. The maximum atomic E-state index is 12.8. The van der Waals surface area contributed by atoms with E-state index in [4.69, 9.17) is 4.74 Å². The molecule has 5 heteroatoms. The highest BCUT2D eigenvalue weighted by Crippen LogP contribution is 2.33. The van der Waals surface area contributed by atoms with E-state index in [0.717, 1.165) is 37.3 Å². The lowest BCUT2D eigenvalue weighted by molar-refractivity contribution is -0.150. The number of rotatable bonds is 4. The van der Waals surface area contributed by atoms with Crippen molar-refractivity contribution in [3.05, 3.63) is 65.7 Å². The smallest absolute Gasteiger partial charge is 0.329 e. The number of ether oxygens (including phenoxy) is 1. The average Bonchev–Trinajstić information content (AvgIpc) is 3.26. The summed E-state index contributed by atoms with van der Waals surface area (Å²) in [4.78, 5) is 28.8. The number of likely N-dealkylation sites (tertiary alicyclic amines) is 1. The molecule has 1 amide bonds. The van der Waals surface area contributed by atoms with Gasteiger partial charge in [-0.3, -0.25) is 14.6 Å². The summed E-state index contributed by atoms with van der Waals surface area (Å²) >= 11 is 0. The van der Waals surface area contributed by atoms with Crippen LogP contribution in [0.4, 0.5) is 5.69 Å². The molecule has 1 saturated heterocycles. The number of anilines is 1. The molecule has 2 aliphatic heterocycles. The van der Waals surface area contributed by atoms with Crippen molar-refractivity contribution in [1.29, 1.82) is 0 Å². The molecular formula is C22H24N2O3. The van der Waals surface area contributed by atoms with Crippen LogP contribution in [0.2, 0.25) is 0 Å². The molecule has 2 aliphatic rings. The molecule has 0 unspecified atom stereocenters. The summed E-state index contributed by atoms with van der Waals surface area (Å²) < 4.78 is 5.80. The zero-order chi connectivity index (χ0) is 18.8. The van der Waals surface area contributed by atoms with Gasteiger partial charge < -0.3 is 4.74 Å². The zero-order valence-electron chi connectivity index (χ0n) is 15.5. The lowest BCUT2D eigenvalue weighted by Gasteiger charge is -2.24. The lowest BCUT2D eigenvalue weighted by atomic mass is 10.1. The van der Waals surface area contributed by atoms with E-state index in [9.17, 15) is 9.59 Å². The van der Waals surface area contributed by atoms with Gasteiger partial charge in [-0.15, -0.1) is 0 Å². The van der Waals surface area contributed by atoms with Crippen LogP contribution in [0.15, 0.2) is 54.6 Å². The molecule has 2 heterocycles. The third-order valence-electron chi connectivity index (χ3n) is 5.35. The van der Waals surface area contributed by atoms with Crippen LogP contribution >= 0.6 is 0 Å². The molecule has 0 spiro atoms. The van der Waals surface area contributed by atoms with Crippen LogP contribution in [0.5, 0.6) is 0 Å². The van der Waals surface area contributed by atoms with Crippen molar-refractivity contribution < 1.29 is 14.3 Å². The predicted octanol–water partition coefficient (Wildman–Crippen LogP) is 2.78. The number of para-hydroxylation sites is 1. The number of nitrogens with zero attached hydrogens (tertiary/aromatic N) is 2. The highest BCUT2D eigenvalue weighted by atomic mass is 16.5. The number of esters is 1. The van der Waals surface area contributed by atoms with E-state index in [1.807, 2.05) is 42.5 Å². The third-order valence-corrected chi connectivity index (χ3v) is 5.35. The van der Waals surface area contributed by atoms with Crippen LogP contribution in [-0.2, 0) is 27.3 Å². The molecule has 5 nitrogen and oxygen atoms in total. The normalized spacial score (nSPS) is 21.9. The van der Waals surface area contributed by atoms with Crippen LogP contribution in [0.25, 0.3) is 0 Å². The number of benzene rings is 2. The Hall–Kier alpha value is -2.66. The van der Waals surface area contributed by atoms with E-state index in [2.05, 4.69) is 17.0 Å². The molecule has 1 fully saturated rings. The molecule has 140 valence electrons. The fourth-order valence-electron chi connectivity index (χ4n) is 4.09. The zero-order valence-corrected chi connectivity index (χ0v) is 15.5. The van der Waals surface area contributed by atoms with Gasteiger partial charge in [0.1, 0.15) is 12.1 Å². The molecular weight excluding hydrogens is 340 g/mol. The Balaban J connectivity index is 1.38. The van der Waals surface area contributed by atoms with E-state index in [1.54, 1.807) is 4.90 Å². The second-order valence-corrected chi connectivity index (χ2v) is 7.31. The number of carbonyl (C=O) groups excluding carboxylic acids is 2. The first-order valence-corrected chi connectivity index (χ1v) is 9.46. The van der Waals surface area contributed by atoms with Gasteiger partial charge in [0.2, 0.25) is 5.91 Å². The van der Waals surface area contributed by atoms with Gasteiger partial charge in [0.05, 0.1) is 0 Å². The first-order valence-electron chi connectivity index (χ1n) is 9.46. The second-order valence-electron chi connectivity index (χ2n) is 7.31. The Bertz CT molecular complexity index is 836. The highest BCUT2D eigenvalue weighted by molar-refractivity contribution is 6.01.